The van der Waals surface area contributed by atoms with Gasteiger partial charge in [0.1, 0.15) is 18.4 Å². The first-order valence-electron chi connectivity index (χ1n) is 9.88. The van der Waals surface area contributed by atoms with Crippen molar-refractivity contribution in [1.82, 2.24) is 14.9 Å². The van der Waals surface area contributed by atoms with Gasteiger partial charge in [-0.1, -0.05) is 42.5 Å². The molecule has 2 amide bonds. The molecule has 1 saturated heterocycles. The third kappa shape index (κ3) is 4.93. The van der Waals surface area contributed by atoms with Crippen LogP contribution < -0.4 is 5.32 Å². The molecule has 158 valence electrons. The summed E-state index contributed by atoms with van der Waals surface area (Å²) in [5, 5.41) is 13.7. The number of hydrogen-bond acceptors (Lipinski definition) is 6. The zero-order valence-electron chi connectivity index (χ0n) is 16.7. The number of benzene rings is 2. The number of anilines is 1. The second kappa shape index (κ2) is 9.46. The number of nitrogens with zero attached hydrogens (tertiary/aromatic N) is 3. The Morgan fingerprint density at radius 2 is 1.94 bits per heavy atom. The second-order valence-electron chi connectivity index (χ2n) is 7.20. The monoisotopic (exact) mass is 418 g/mol. The number of aromatic nitrogens is 2. The molecule has 1 fully saturated rings. The Morgan fingerprint density at radius 3 is 2.65 bits per heavy atom. The van der Waals surface area contributed by atoms with E-state index in [1.165, 1.54) is 18.6 Å². The first-order chi connectivity index (χ1) is 15.1. The molecule has 8 nitrogen and oxygen atoms in total. The van der Waals surface area contributed by atoms with Crippen molar-refractivity contribution in [3.05, 3.63) is 90.0 Å². The predicted molar refractivity (Wildman–Crippen MR) is 113 cm³/mol. The molecule has 1 aromatic heterocycles. The molecule has 4 rings (SSSR count). The van der Waals surface area contributed by atoms with E-state index in [0.29, 0.717) is 17.8 Å². The molecule has 1 aliphatic rings. The zero-order chi connectivity index (χ0) is 21.6. The van der Waals surface area contributed by atoms with Gasteiger partial charge in [0.15, 0.2) is 0 Å². The molecule has 1 aliphatic heterocycles. The molecule has 3 aromatic rings. The number of hydrogen-bond donors (Lipinski definition) is 2. The van der Waals surface area contributed by atoms with Gasteiger partial charge in [-0.2, -0.15) is 0 Å². The summed E-state index contributed by atoms with van der Waals surface area (Å²) in [4.78, 5) is 34.2. The zero-order valence-corrected chi connectivity index (χ0v) is 16.7. The number of nitrogens with one attached hydrogen (secondary N) is 1. The van der Waals surface area contributed by atoms with E-state index in [1.54, 1.807) is 29.2 Å². The normalized spacial score (nSPS) is 17.3. The summed E-state index contributed by atoms with van der Waals surface area (Å²) in [5.74, 6) is -0.534. The first-order valence-corrected chi connectivity index (χ1v) is 9.88. The fraction of sp³-hybridized carbons (Fsp3) is 0.217. The number of aliphatic hydroxyl groups is 1. The minimum Gasteiger partial charge on any atom is -0.386 e. The van der Waals surface area contributed by atoms with E-state index >= 15 is 0 Å². The van der Waals surface area contributed by atoms with Crippen LogP contribution in [0.25, 0.3) is 0 Å². The third-order valence-electron chi connectivity index (χ3n) is 5.10. The summed E-state index contributed by atoms with van der Waals surface area (Å²) in [6.07, 6.45) is 3.39. The summed E-state index contributed by atoms with van der Waals surface area (Å²) >= 11 is 0. The van der Waals surface area contributed by atoms with Gasteiger partial charge in [-0.3, -0.25) is 14.6 Å². The Morgan fingerprint density at radius 1 is 1.16 bits per heavy atom. The molecule has 2 N–H and O–H groups in total. The van der Waals surface area contributed by atoms with Crippen LogP contribution in [-0.4, -0.2) is 51.0 Å². The van der Waals surface area contributed by atoms with Crippen molar-refractivity contribution < 1.29 is 19.4 Å². The fourth-order valence-electron chi connectivity index (χ4n) is 3.47. The molecule has 0 spiro atoms. The van der Waals surface area contributed by atoms with Crippen molar-refractivity contribution in [2.45, 2.75) is 18.7 Å². The topological polar surface area (TPSA) is 105 Å². The number of carbonyl (C=O) groups excluding carboxylic acids is 2. The van der Waals surface area contributed by atoms with Gasteiger partial charge in [-0.25, -0.2) is 4.98 Å². The maximum absolute atomic E-state index is 12.5. The second-order valence-corrected chi connectivity index (χ2v) is 7.20. The van der Waals surface area contributed by atoms with Gasteiger partial charge in [-0.05, 0) is 23.3 Å². The van der Waals surface area contributed by atoms with Crippen LogP contribution in [-0.2, 0) is 16.1 Å². The van der Waals surface area contributed by atoms with E-state index in [4.69, 9.17) is 4.74 Å². The molecular weight excluding hydrogens is 396 g/mol. The minimum absolute atomic E-state index is 0.00337. The third-order valence-corrected chi connectivity index (χ3v) is 5.10. The van der Waals surface area contributed by atoms with E-state index < -0.39 is 12.1 Å². The van der Waals surface area contributed by atoms with E-state index in [2.05, 4.69) is 15.3 Å². The number of aliphatic hydroxyl groups excluding tert-OH is 1. The molecule has 31 heavy (non-hydrogen) atoms. The lowest BCUT2D eigenvalue weighted by Gasteiger charge is -2.38. The molecule has 0 saturated carbocycles. The summed E-state index contributed by atoms with van der Waals surface area (Å²) < 4.78 is 5.41. The van der Waals surface area contributed by atoms with Crippen LogP contribution >= 0.6 is 0 Å². The van der Waals surface area contributed by atoms with Crippen LogP contribution in [0, 0.1) is 0 Å². The highest BCUT2D eigenvalue weighted by molar-refractivity contribution is 6.02. The van der Waals surface area contributed by atoms with Gasteiger partial charge in [0.05, 0.1) is 18.8 Å². The van der Waals surface area contributed by atoms with E-state index in [0.717, 1.165) is 5.56 Å². The molecule has 0 bridgehead atoms. The Hall–Kier alpha value is -3.62. The van der Waals surface area contributed by atoms with Crippen LogP contribution in [0.15, 0.2) is 73.2 Å². The molecule has 2 heterocycles. The van der Waals surface area contributed by atoms with Gasteiger partial charge >= 0.3 is 0 Å². The van der Waals surface area contributed by atoms with Gasteiger partial charge in [-0.15, -0.1) is 0 Å². The average Bonchev–Trinajstić information content (AvgIpc) is 2.82. The SMILES string of the molecule is O=C(Nc1ccc([C@@H](O)[C@H]2COCC(=O)N2Cc2ccccc2)cc1)c1cnccn1. The number of morpholine rings is 1. The van der Waals surface area contributed by atoms with Gasteiger partial charge in [0.2, 0.25) is 5.91 Å². The summed E-state index contributed by atoms with van der Waals surface area (Å²) in [7, 11) is 0. The first kappa shape index (κ1) is 20.6. The summed E-state index contributed by atoms with van der Waals surface area (Å²) in [6, 6.07) is 16.0. The smallest absolute Gasteiger partial charge is 0.275 e. The van der Waals surface area contributed by atoms with Crippen molar-refractivity contribution in [2.24, 2.45) is 0 Å². The minimum atomic E-state index is -0.933. The summed E-state index contributed by atoms with van der Waals surface area (Å²) in [5.41, 5.74) is 2.38. The van der Waals surface area contributed by atoms with Gasteiger partial charge in [0.25, 0.3) is 5.91 Å². The standard InChI is InChI=1S/C23H22N4O4/c28-21-15-31-14-20(27(21)13-16-4-2-1-3-5-16)22(29)17-6-8-18(9-7-17)26-23(30)19-12-24-10-11-25-19/h1-12,20,22,29H,13-15H2,(H,26,30)/t20-,22-/m1/s1. The van der Waals surface area contributed by atoms with E-state index in [9.17, 15) is 14.7 Å². The van der Waals surface area contributed by atoms with E-state index in [1.807, 2.05) is 30.3 Å². The largest absolute Gasteiger partial charge is 0.386 e. The predicted octanol–water partition coefficient (Wildman–Crippen LogP) is 2.19. The number of carbonyl (C=O) groups is 2. The fourth-order valence-corrected chi connectivity index (χ4v) is 3.47. The number of ether oxygens (including phenoxy) is 1. The van der Waals surface area contributed by atoms with Crippen LogP contribution in [0.2, 0.25) is 0 Å². The highest BCUT2D eigenvalue weighted by Crippen LogP contribution is 2.26. The average molecular weight is 418 g/mol. The van der Waals surface area contributed by atoms with E-state index in [-0.39, 0.29) is 30.7 Å². The van der Waals surface area contributed by atoms with Crippen molar-refractivity contribution in [3.8, 4) is 0 Å². The van der Waals surface area contributed by atoms with Crippen molar-refractivity contribution >= 4 is 17.5 Å². The molecule has 8 heteroatoms. The maximum atomic E-state index is 12.5. The van der Waals surface area contributed by atoms with Crippen LogP contribution in [0.4, 0.5) is 5.69 Å². The number of amides is 2. The van der Waals surface area contributed by atoms with Crippen molar-refractivity contribution in [3.63, 3.8) is 0 Å². The molecule has 0 unspecified atom stereocenters. The maximum Gasteiger partial charge on any atom is 0.275 e. The van der Waals surface area contributed by atoms with Crippen molar-refractivity contribution in [2.75, 3.05) is 18.5 Å². The quantitative estimate of drug-likeness (QED) is 0.636. The lowest BCUT2D eigenvalue weighted by molar-refractivity contribution is -0.155. The lowest BCUT2D eigenvalue weighted by atomic mass is 9.99. The summed E-state index contributed by atoms with van der Waals surface area (Å²) in [6.45, 7) is 0.644. The Balaban J connectivity index is 1.46. The lowest BCUT2D eigenvalue weighted by Crippen LogP contribution is -2.51. The Bertz CT molecular complexity index is 1030. The van der Waals surface area contributed by atoms with Crippen LogP contribution in [0.1, 0.15) is 27.7 Å². The molecule has 0 aliphatic carbocycles. The van der Waals surface area contributed by atoms with Crippen LogP contribution in [0.3, 0.4) is 0 Å². The molecule has 0 radical (unpaired) electrons. The Kier molecular flexibility index (Phi) is 6.30. The number of rotatable bonds is 6. The highest BCUT2D eigenvalue weighted by atomic mass is 16.5. The molecule has 2 atom stereocenters. The van der Waals surface area contributed by atoms with Crippen LogP contribution in [0.5, 0.6) is 0 Å². The highest BCUT2D eigenvalue weighted by Gasteiger charge is 2.34. The molecular formula is C23H22N4O4. The van der Waals surface area contributed by atoms with Crippen molar-refractivity contribution in [1.29, 1.82) is 0 Å². The Labute approximate surface area is 179 Å². The van der Waals surface area contributed by atoms with Gasteiger partial charge in [0, 0.05) is 24.6 Å². The molecule has 2 aromatic carbocycles. The van der Waals surface area contributed by atoms with Gasteiger partial charge < -0.3 is 20.1 Å².